The first-order valence-corrected chi connectivity index (χ1v) is 16.5. The molecule has 0 radical (unpaired) electrons. The van der Waals surface area contributed by atoms with Gasteiger partial charge in [-0.3, -0.25) is 4.57 Å². The number of fused-ring (bicyclic) bond motifs is 12. The molecule has 11 aromatic rings. The van der Waals surface area contributed by atoms with Crippen LogP contribution in [0.15, 0.2) is 162 Å². The zero-order valence-corrected chi connectivity index (χ0v) is 26.2. The van der Waals surface area contributed by atoms with Crippen LogP contribution in [0.25, 0.3) is 99.3 Å². The molecule has 228 valence electrons. The second kappa shape index (κ2) is 9.89. The van der Waals surface area contributed by atoms with Crippen molar-refractivity contribution in [2.45, 2.75) is 0 Å². The van der Waals surface area contributed by atoms with E-state index in [1.54, 1.807) is 0 Å². The highest BCUT2D eigenvalue weighted by atomic mass is 16.3. The number of furan rings is 1. The van der Waals surface area contributed by atoms with Crippen LogP contribution in [0.1, 0.15) is 0 Å². The van der Waals surface area contributed by atoms with Gasteiger partial charge in [-0.2, -0.15) is 0 Å². The van der Waals surface area contributed by atoms with Crippen molar-refractivity contribution in [2.24, 2.45) is 0 Å². The molecule has 0 saturated carbocycles. The third-order valence-corrected chi connectivity index (χ3v) is 9.92. The van der Waals surface area contributed by atoms with E-state index >= 15 is 0 Å². The smallest absolute Gasteiger partial charge is 0.235 e. The van der Waals surface area contributed by atoms with E-state index < -0.39 is 0 Å². The monoisotopic (exact) mass is 626 g/mol. The number of nitrogens with zero attached hydrogens (tertiary/aromatic N) is 4. The minimum Gasteiger partial charge on any atom is -0.456 e. The minimum absolute atomic E-state index is 0.633. The van der Waals surface area contributed by atoms with Gasteiger partial charge in [0.15, 0.2) is 0 Å². The number of para-hydroxylation sites is 4. The fourth-order valence-electron chi connectivity index (χ4n) is 7.90. The molecule has 5 heteroatoms. The van der Waals surface area contributed by atoms with Crippen LogP contribution in [-0.4, -0.2) is 19.1 Å². The van der Waals surface area contributed by atoms with Crippen LogP contribution in [0.3, 0.4) is 0 Å². The Labute approximate surface area is 279 Å². The summed E-state index contributed by atoms with van der Waals surface area (Å²) < 4.78 is 11.1. The summed E-state index contributed by atoms with van der Waals surface area (Å²) in [5.41, 5.74) is 10.1. The van der Waals surface area contributed by atoms with E-state index in [2.05, 4.69) is 143 Å². The molecule has 0 atom stereocenters. The van der Waals surface area contributed by atoms with Crippen LogP contribution >= 0.6 is 0 Å². The highest BCUT2D eigenvalue weighted by Crippen LogP contribution is 2.45. The molecule has 0 aliphatic carbocycles. The fraction of sp³-hybridized carbons (Fsp3) is 0. The number of hydrogen-bond donors (Lipinski definition) is 0. The molecule has 0 fully saturated rings. The summed E-state index contributed by atoms with van der Waals surface area (Å²) in [7, 11) is 0. The highest BCUT2D eigenvalue weighted by Gasteiger charge is 2.25. The van der Waals surface area contributed by atoms with Crippen molar-refractivity contribution in [3.8, 4) is 22.9 Å². The Morgan fingerprint density at radius 3 is 1.94 bits per heavy atom. The highest BCUT2D eigenvalue weighted by molar-refractivity contribution is 6.32. The molecule has 5 nitrogen and oxygen atoms in total. The van der Waals surface area contributed by atoms with Crippen molar-refractivity contribution in [1.29, 1.82) is 0 Å². The van der Waals surface area contributed by atoms with Gasteiger partial charge in [0.25, 0.3) is 0 Å². The molecular formula is C44H26N4O. The van der Waals surface area contributed by atoms with Crippen LogP contribution in [0.2, 0.25) is 0 Å². The van der Waals surface area contributed by atoms with E-state index in [-0.39, 0.29) is 0 Å². The standard InChI is InChI=1S/C44H26N4O/c1-3-13-27(14-4-1)42-29-17-7-10-20-33(29)45-44(46-42)48-35-25-26-38-41(31-19-9-12-22-37(31)49-38)39(35)32-23-24-36-40(43(32)48)30-18-8-11-21-34(30)47(36)28-15-5-2-6-16-28/h1-26H. The summed E-state index contributed by atoms with van der Waals surface area (Å²) in [6, 6.07) is 55.1. The fourth-order valence-corrected chi connectivity index (χ4v) is 7.90. The summed E-state index contributed by atoms with van der Waals surface area (Å²) in [5, 5.41) is 7.82. The van der Waals surface area contributed by atoms with Gasteiger partial charge < -0.3 is 8.98 Å². The van der Waals surface area contributed by atoms with Gasteiger partial charge in [-0.05, 0) is 48.5 Å². The normalized spacial score (nSPS) is 12.1. The molecule has 0 saturated heterocycles. The van der Waals surface area contributed by atoms with E-state index in [4.69, 9.17) is 14.4 Å². The maximum Gasteiger partial charge on any atom is 0.235 e. The van der Waals surface area contributed by atoms with Crippen molar-refractivity contribution in [2.75, 3.05) is 0 Å². The van der Waals surface area contributed by atoms with Gasteiger partial charge in [-0.25, -0.2) is 9.97 Å². The number of aromatic nitrogens is 4. The van der Waals surface area contributed by atoms with E-state index in [0.29, 0.717) is 5.95 Å². The molecule has 0 N–H and O–H groups in total. The van der Waals surface area contributed by atoms with Gasteiger partial charge in [0.2, 0.25) is 5.95 Å². The van der Waals surface area contributed by atoms with Crippen molar-refractivity contribution < 1.29 is 4.42 Å². The van der Waals surface area contributed by atoms with Crippen molar-refractivity contribution in [3.05, 3.63) is 158 Å². The topological polar surface area (TPSA) is 48.8 Å². The zero-order valence-electron chi connectivity index (χ0n) is 26.2. The predicted molar refractivity (Wildman–Crippen MR) is 201 cm³/mol. The Hall–Kier alpha value is -6.72. The molecule has 4 aromatic heterocycles. The second-order valence-corrected chi connectivity index (χ2v) is 12.6. The first-order valence-electron chi connectivity index (χ1n) is 16.5. The van der Waals surface area contributed by atoms with E-state index in [1.165, 1.54) is 5.39 Å². The summed E-state index contributed by atoms with van der Waals surface area (Å²) in [4.78, 5) is 10.7. The van der Waals surface area contributed by atoms with Crippen molar-refractivity contribution in [1.82, 2.24) is 19.1 Å². The largest absolute Gasteiger partial charge is 0.456 e. The van der Waals surface area contributed by atoms with Crippen LogP contribution in [-0.2, 0) is 0 Å². The number of rotatable bonds is 3. The van der Waals surface area contributed by atoms with E-state index in [0.717, 1.165) is 88.0 Å². The Balaban J connectivity index is 1.39. The lowest BCUT2D eigenvalue weighted by Crippen LogP contribution is -2.03. The predicted octanol–water partition coefficient (Wildman–Crippen LogP) is 11.4. The molecule has 0 spiro atoms. The number of hydrogen-bond acceptors (Lipinski definition) is 3. The van der Waals surface area contributed by atoms with Gasteiger partial charge in [0, 0.05) is 49.0 Å². The van der Waals surface area contributed by atoms with Gasteiger partial charge in [-0.1, -0.05) is 109 Å². The molecule has 11 rings (SSSR count). The average Bonchev–Trinajstić information content (AvgIpc) is 3.82. The molecule has 7 aromatic carbocycles. The second-order valence-electron chi connectivity index (χ2n) is 12.6. The Morgan fingerprint density at radius 1 is 0.408 bits per heavy atom. The Bertz CT molecular complexity index is 3100. The molecule has 0 amide bonds. The Morgan fingerprint density at radius 2 is 1.08 bits per heavy atom. The first-order chi connectivity index (χ1) is 24.3. The molecule has 0 aliphatic rings. The van der Waals surface area contributed by atoms with Crippen LogP contribution in [0, 0.1) is 0 Å². The van der Waals surface area contributed by atoms with Crippen molar-refractivity contribution in [3.63, 3.8) is 0 Å². The molecule has 0 aliphatic heterocycles. The van der Waals surface area contributed by atoms with Gasteiger partial charge in [-0.15, -0.1) is 0 Å². The van der Waals surface area contributed by atoms with Crippen LogP contribution in [0.4, 0.5) is 0 Å². The van der Waals surface area contributed by atoms with Gasteiger partial charge in [0.1, 0.15) is 11.2 Å². The summed E-state index contributed by atoms with van der Waals surface area (Å²) in [5.74, 6) is 0.633. The number of benzene rings is 7. The Kier molecular flexibility index (Phi) is 5.32. The molecular weight excluding hydrogens is 601 g/mol. The summed E-state index contributed by atoms with van der Waals surface area (Å²) >= 11 is 0. The maximum atomic E-state index is 6.43. The molecule has 4 heterocycles. The quantitative estimate of drug-likeness (QED) is 0.196. The average molecular weight is 627 g/mol. The minimum atomic E-state index is 0.633. The van der Waals surface area contributed by atoms with Crippen LogP contribution in [0.5, 0.6) is 0 Å². The third kappa shape index (κ3) is 3.64. The lowest BCUT2D eigenvalue weighted by atomic mass is 10.0. The lowest BCUT2D eigenvalue weighted by molar-refractivity contribution is 0.669. The zero-order chi connectivity index (χ0) is 32.1. The SMILES string of the molecule is c1ccc(-c2nc(-n3c4ccc5oc6ccccc6c5c4c4ccc5c(c6ccccc6n5-c5ccccc5)c43)nc3ccccc23)cc1. The van der Waals surface area contributed by atoms with Gasteiger partial charge in [0.05, 0.1) is 33.3 Å². The maximum absolute atomic E-state index is 6.43. The summed E-state index contributed by atoms with van der Waals surface area (Å²) in [6.45, 7) is 0. The molecule has 0 bridgehead atoms. The lowest BCUT2D eigenvalue weighted by Gasteiger charge is -2.12. The van der Waals surface area contributed by atoms with E-state index in [1.807, 2.05) is 24.3 Å². The summed E-state index contributed by atoms with van der Waals surface area (Å²) in [6.07, 6.45) is 0. The van der Waals surface area contributed by atoms with Gasteiger partial charge >= 0.3 is 0 Å². The van der Waals surface area contributed by atoms with E-state index in [9.17, 15) is 0 Å². The van der Waals surface area contributed by atoms with Crippen molar-refractivity contribution >= 4 is 76.5 Å². The van der Waals surface area contributed by atoms with Crippen LogP contribution < -0.4 is 0 Å². The molecule has 49 heavy (non-hydrogen) atoms. The first kappa shape index (κ1) is 26.4. The molecule has 0 unspecified atom stereocenters. The third-order valence-electron chi connectivity index (χ3n) is 9.92.